The molecule has 102 valence electrons. The molecule has 4 aromatic rings. The van der Waals surface area contributed by atoms with Gasteiger partial charge in [-0.15, -0.1) is 0 Å². The summed E-state index contributed by atoms with van der Waals surface area (Å²) in [4.78, 5) is 10.8. The highest BCUT2D eigenvalue weighted by Gasteiger charge is 2.11. The molecule has 0 saturated carbocycles. The van der Waals surface area contributed by atoms with Gasteiger partial charge in [-0.25, -0.2) is 4.79 Å². The summed E-state index contributed by atoms with van der Waals surface area (Å²) in [6.45, 7) is 0.198. The molecule has 0 aliphatic carbocycles. The van der Waals surface area contributed by atoms with Crippen molar-refractivity contribution in [3.05, 3.63) is 60.2 Å². The van der Waals surface area contributed by atoms with E-state index in [1.165, 1.54) is 26.9 Å². The van der Waals surface area contributed by atoms with Gasteiger partial charge in [0.1, 0.15) is 6.61 Å². The van der Waals surface area contributed by atoms with E-state index in [1.54, 1.807) is 0 Å². The highest BCUT2D eigenvalue weighted by Crippen LogP contribution is 2.35. The zero-order valence-corrected chi connectivity index (χ0v) is 11.3. The number of nitrogens with two attached hydrogens (primary N) is 1. The Labute approximate surface area is 121 Å². The fraction of sp³-hybridized carbons (Fsp3) is 0.0556. The van der Waals surface area contributed by atoms with Gasteiger partial charge in [0.2, 0.25) is 0 Å². The predicted molar refractivity (Wildman–Crippen MR) is 84.5 cm³/mol. The fourth-order valence-corrected chi connectivity index (χ4v) is 3.07. The average Bonchev–Trinajstić information content (AvgIpc) is 2.51. The van der Waals surface area contributed by atoms with Crippen LogP contribution in [0.5, 0.6) is 0 Å². The summed E-state index contributed by atoms with van der Waals surface area (Å²) in [7, 11) is 0. The van der Waals surface area contributed by atoms with E-state index in [1.807, 2.05) is 6.07 Å². The Kier molecular flexibility index (Phi) is 2.48. The van der Waals surface area contributed by atoms with Crippen molar-refractivity contribution in [1.82, 2.24) is 0 Å². The lowest BCUT2D eigenvalue weighted by Crippen LogP contribution is -2.12. The maximum Gasteiger partial charge on any atom is 0.404 e. The van der Waals surface area contributed by atoms with Crippen LogP contribution >= 0.6 is 0 Å². The van der Waals surface area contributed by atoms with Gasteiger partial charge in [0.15, 0.2) is 0 Å². The van der Waals surface area contributed by atoms with Gasteiger partial charge < -0.3 is 10.5 Å². The first kappa shape index (κ1) is 12.0. The second kappa shape index (κ2) is 4.35. The van der Waals surface area contributed by atoms with Crippen LogP contribution in [0.4, 0.5) is 4.79 Å². The fourth-order valence-electron chi connectivity index (χ4n) is 3.07. The first-order chi connectivity index (χ1) is 10.2. The minimum Gasteiger partial charge on any atom is -0.445 e. The molecule has 0 aliphatic rings. The Morgan fingerprint density at radius 3 is 2.19 bits per heavy atom. The Morgan fingerprint density at radius 1 is 0.857 bits per heavy atom. The van der Waals surface area contributed by atoms with Crippen molar-refractivity contribution in [1.29, 1.82) is 0 Å². The normalized spacial score (nSPS) is 11.4. The molecule has 4 rings (SSSR count). The first-order valence-corrected chi connectivity index (χ1v) is 6.82. The van der Waals surface area contributed by atoms with Crippen molar-refractivity contribution in [2.24, 2.45) is 5.73 Å². The molecule has 2 N–H and O–H groups in total. The van der Waals surface area contributed by atoms with Crippen molar-refractivity contribution in [2.75, 3.05) is 0 Å². The lowest BCUT2D eigenvalue weighted by atomic mass is 9.92. The molecule has 0 aliphatic heterocycles. The summed E-state index contributed by atoms with van der Waals surface area (Å²) in [5, 5.41) is 7.22. The lowest BCUT2D eigenvalue weighted by Gasteiger charge is -2.13. The number of carbonyl (C=O) groups excluding carboxylic acids is 1. The number of hydrogen-bond donors (Lipinski definition) is 1. The molecule has 3 heteroatoms. The summed E-state index contributed by atoms with van der Waals surface area (Å²) >= 11 is 0. The molecule has 4 aromatic carbocycles. The molecule has 0 radical (unpaired) electrons. The highest BCUT2D eigenvalue weighted by atomic mass is 16.5. The van der Waals surface area contributed by atoms with Gasteiger partial charge >= 0.3 is 6.09 Å². The van der Waals surface area contributed by atoms with Crippen LogP contribution in [0, 0.1) is 0 Å². The van der Waals surface area contributed by atoms with E-state index in [2.05, 4.69) is 48.5 Å². The number of hydrogen-bond acceptors (Lipinski definition) is 2. The van der Waals surface area contributed by atoms with E-state index < -0.39 is 6.09 Å². The van der Waals surface area contributed by atoms with Crippen molar-refractivity contribution in [3.63, 3.8) is 0 Å². The first-order valence-electron chi connectivity index (χ1n) is 6.82. The lowest BCUT2D eigenvalue weighted by molar-refractivity contribution is 0.150. The Hall–Kier alpha value is -2.81. The van der Waals surface area contributed by atoms with Crippen LogP contribution in [0.2, 0.25) is 0 Å². The van der Waals surface area contributed by atoms with E-state index in [0.29, 0.717) is 0 Å². The van der Waals surface area contributed by atoms with Crippen molar-refractivity contribution < 1.29 is 9.53 Å². The largest absolute Gasteiger partial charge is 0.445 e. The second-order valence-corrected chi connectivity index (χ2v) is 5.19. The van der Waals surface area contributed by atoms with Crippen molar-refractivity contribution in [2.45, 2.75) is 6.61 Å². The van der Waals surface area contributed by atoms with Gasteiger partial charge in [-0.3, -0.25) is 0 Å². The maximum atomic E-state index is 10.8. The summed E-state index contributed by atoms with van der Waals surface area (Å²) in [5.41, 5.74) is 6.04. The Balaban J connectivity index is 2.08. The topological polar surface area (TPSA) is 52.3 Å². The van der Waals surface area contributed by atoms with Gasteiger partial charge in [0, 0.05) is 0 Å². The van der Waals surface area contributed by atoms with Crippen LogP contribution in [-0.4, -0.2) is 6.09 Å². The highest BCUT2D eigenvalue weighted by molar-refractivity contribution is 6.23. The van der Waals surface area contributed by atoms with Crippen LogP contribution in [0.25, 0.3) is 32.3 Å². The number of benzene rings is 4. The molecule has 0 unspecified atom stereocenters. The number of ether oxygens (including phenoxy) is 1. The molecular weight excluding hydrogens is 262 g/mol. The Morgan fingerprint density at radius 2 is 1.48 bits per heavy atom. The van der Waals surface area contributed by atoms with Gasteiger partial charge in [-0.2, -0.15) is 0 Å². The summed E-state index contributed by atoms with van der Waals surface area (Å²) < 4.78 is 4.96. The van der Waals surface area contributed by atoms with E-state index in [4.69, 9.17) is 10.5 Å². The summed E-state index contributed by atoms with van der Waals surface area (Å²) in [6.07, 6.45) is -0.749. The molecule has 0 spiro atoms. The molecule has 0 fully saturated rings. The quantitative estimate of drug-likeness (QED) is 0.558. The van der Waals surface area contributed by atoms with Crippen LogP contribution in [0.3, 0.4) is 0 Å². The minimum atomic E-state index is -0.749. The number of amides is 1. The van der Waals surface area contributed by atoms with Crippen molar-refractivity contribution >= 4 is 38.4 Å². The zero-order valence-electron chi connectivity index (χ0n) is 11.3. The molecule has 0 atom stereocenters. The number of rotatable bonds is 2. The third-order valence-electron chi connectivity index (χ3n) is 3.99. The maximum absolute atomic E-state index is 10.8. The van der Waals surface area contributed by atoms with Gasteiger partial charge in [-0.05, 0) is 37.9 Å². The van der Waals surface area contributed by atoms with Gasteiger partial charge in [0.05, 0.1) is 0 Å². The SMILES string of the molecule is NC(=O)OCc1ccc2ccc3cccc4ccc1c2c34. The van der Waals surface area contributed by atoms with Crippen LogP contribution in [0.1, 0.15) is 5.56 Å². The van der Waals surface area contributed by atoms with E-state index in [0.717, 1.165) is 10.9 Å². The minimum absolute atomic E-state index is 0.198. The number of primary amides is 1. The second-order valence-electron chi connectivity index (χ2n) is 5.19. The van der Waals surface area contributed by atoms with Gasteiger partial charge in [0.25, 0.3) is 0 Å². The monoisotopic (exact) mass is 275 g/mol. The summed E-state index contributed by atoms with van der Waals surface area (Å²) in [5.74, 6) is 0. The standard InChI is InChI=1S/C18H13NO2/c19-18(20)21-10-14-7-6-13-5-4-11-2-1-3-12-8-9-15(14)17(13)16(11)12/h1-9H,10H2,(H2,19,20). The van der Waals surface area contributed by atoms with Crippen LogP contribution in [-0.2, 0) is 11.3 Å². The van der Waals surface area contributed by atoms with E-state index >= 15 is 0 Å². The average molecular weight is 275 g/mol. The smallest absolute Gasteiger partial charge is 0.404 e. The van der Waals surface area contributed by atoms with Crippen molar-refractivity contribution in [3.8, 4) is 0 Å². The molecule has 0 heterocycles. The molecule has 1 amide bonds. The van der Waals surface area contributed by atoms with E-state index in [9.17, 15) is 4.79 Å². The van der Waals surface area contributed by atoms with Crippen LogP contribution < -0.4 is 5.73 Å². The molecule has 21 heavy (non-hydrogen) atoms. The molecule has 3 nitrogen and oxygen atoms in total. The molecular formula is C18H13NO2. The molecule has 0 aromatic heterocycles. The third-order valence-corrected chi connectivity index (χ3v) is 3.99. The van der Waals surface area contributed by atoms with Crippen LogP contribution in [0.15, 0.2) is 54.6 Å². The third kappa shape index (κ3) is 1.78. The van der Waals surface area contributed by atoms with Gasteiger partial charge in [-0.1, -0.05) is 54.6 Å². The predicted octanol–water partition coefficient (Wildman–Crippen LogP) is 4.18. The zero-order chi connectivity index (χ0) is 14.4. The summed E-state index contributed by atoms with van der Waals surface area (Å²) in [6, 6.07) is 18.8. The van der Waals surface area contributed by atoms with E-state index in [-0.39, 0.29) is 6.61 Å². The molecule has 0 saturated heterocycles. The Bertz CT molecular complexity index is 959. The number of carbonyl (C=O) groups is 1. The molecule has 0 bridgehead atoms.